The molecule has 0 aromatic carbocycles. The van der Waals surface area contributed by atoms with Crippen molar-refractivity contribution in [1.82, 2.24) is 14.8 Å². The molecular formula is C13H14BrClN4OS. The molecule has 8 heteroatoms. The van der Waals surface area contributed by atoms with E-state index in [1.54, 1.807) is 35.0 Å². The second-order valence-corrected chi connectivity index (χ2v) is 6.67. The fraction of sp³-hybridized carbons (Fsp3) is 0.308. The van der Waals surface area contributed by atoms with Gasteiger partial charge in [0, 0.05) is 22.3 Å². The van der Waals surface area contributed by atoms with Gasteiger partial charge < -0.3 is 5.32 Å². The summed E-state index contributed by atoms with van der Waals surface area (Å²) in [5.74, 6) is 0.595. The fourth-order valence-electron chi connectivity index (χ4n) is 1.68. The Morgan fingerprint density at radius 2 is 2.33 bits per heavy atom. The minimum absolute atomic E-state index is 0.0711. The first kappa shape index (κ1) is 16.3. The zero-order chi connectivity index (χ0) is 15.4. The number of hydrogen-bond donors (Lipinski definition) is 1. The molecule has 21 heavy (non-hydrogen) atoms. The summed E-state index contributed by atoms with van der Waals surface area (Å²) in [6.45, 7) is 1.88. The molecule has 5 nitrogen and oxygen atoms in total. The first-order valence-corrected chi connectivity index (χ1v) is 8.73. The molecule has 1 amide bonds. The summed E-state index contributed by atoms with van der Waals surface area (Å²) in [6.07, 6.45) is 6.99. The highest BCUT2D eigenvalue weighted by Gasteiger charge is 2.16. The highest BCUT2D eigenvalue weighted by molar-refractivity contribution is 9.10. The highest BCUT2D eigenvalue weighted by atomic mass is 79.9. The third kappa shape index (κ3) is 4.21. The normalized spacial score (nSPS) is 12.2. The van der Waals surface area contributed by atoms with Crippen molar-refractivity contribution in [2.75, 3.05) is 17.3 Å². The minimum atomic E-state index is -0.0908. The summed E-state index contributed by atoms with van der Waals surface area (Å²) >= 11 is 11.1. The first-order chi connectivity index (χ1) is 10.0. The van der Waals surface area contributed by atoms with Crippen LogP contribution in [0.5, 0.6) is 0 Å². The molecule has 0 saturated carbocycles. The molecule has 1 unspecified atom stereocenters. The topological polar surface area (TPSA) is 59.8 Å². The van der Waals surface area contributed by atoms with Crippen molar-refractivity contribution in [2.24, 2.45) is 5.92 Å². The molecule has 0 aliphatic carbocycles. The van der Waals surface area contributed by atoms with Crippen LogP contribution >= 0.6 is 39.3 Å². The largest absolute Gasteiger partial charge is 0.322 e. The average Bonchev–Trinajstić information content (AvgIpc) is 2.80. The van der Waals surface area contributed by atoms with Crippen molar-refractivity contribution in [3.8, 4) is 5.69 Å². The Morgan fingerprint density at radius 1 is 1.57 bits per heavy atom. The van der Waals surface area contributed by atoms with Gasteiger partial charge in [0.25, 0.3) is 0 Å². The van der Waals surface area contributed by atoms with Crippen LogP contribution in [0, 0.1) is 5.92 Å². The molecule has 0 saturated heterocycles. The Hall–Kier alpha value is -1.05. The van der Waals surface area contributed by atoms with E-state index in [0.29, 0.717) is 5.69 Å². The number of anilines is 1. The van der Waals surface area contributed by atoms with E-state index in [2.05, 4.69) is 31.3 Å². The summed E-state index contributed by atoms with van der Waals surface area (Å²) in [4.78, 5) is 16.1. The van der Waals surface area contributed by atoms with Crippen LogP contribution in [0.3, 0.4) is 0 Å². The number of nitrogens with one attached hydrogen (secondary N) is 1. The van der Waals surface area contributed by atoms with Crippen molar-refractivity contribution in [3.05, 3.63) is 34.3 Å². The van der Waals surface area contributed by atoms with Gasteiger partial charge in [0.15, 0.2) is 5.15 Å². The van der Waals surface area contributed by atoms with E-state index in [1.165, 1.54) is 0 Å². The summed E-state index contributed by atoms with van der Waals surface area (Å²) in [7, 11) is 0. The van der Waals surface area contributed by atoms with Crippen molar-refractivity contribution in [1.29, 1.82) is 0 Å². The Kier molecular flexibility index (Phi) is 5.66. The molecule has 0 spiro atoms. The Morgan fingerprint density at radius 3 is 3.00 bits per heavy atom. The predicted octanol–water partition coefficient (Wildman–Crippen LogP) is 3.62. The zero-order valence-corrected chi connectivity index (χ0v) is 14.7. The van der Waals surface area contributed by atoms with Gasteiger partial charge in [-0.2, -0.15) is 16.9 Å². The van der Waals surface area contributed by atoms with Gasteiger partial charge in [0.2, 0.25) is 5.91 Å². The second-order valence-electron chi connectivity index (χ2n) is 4.49. The van der Waals surface area contributed by atoms with Crippen LogP contribution in [0.15, 0.2) is 29.1 Å². The number of thioether (sulfide) groups is 1. The molecule has 1 N–H and O–H groups in total. The third-order valence-corrected chi connectivity index (χ3v) is 4.29. The van der Waals surface area contributed by atoms with Crippen LogP contribution in [0.2, 0.25) is 5.15 Å². The lowest BCUT2D eigenvalue weighted by Crippen LogP contribution is -2.21. The van der Waals surface area contributed by atoms with Crippen LogP contribution in [0.4, 0.5) is 5.69 Å². The van der Waals surface area contributed by atoms with E-state index in [-0.39, 0.29) is 17.0 Å². The van der Waals surface area contributed by atoms with Crippen molar-refractivity contribution in [3.63, 3.8) is 0 Å². The molecule has 0 fully saturated rings. The van der Waals surface area contributed by atoms with E-state index in [4.69, 9.17) is 11.6 Å². The highest BCUT2D eigenvalue weighted by Crippen LogP contribution is 2.23. The van der Waals surface area contributed by atoms with Gasteiger partial charge in [-0.25, -0.2) is 4.68 Å². The number of aromatic nitrogens is 3. The van der Waals surface area contributed by atoms with Crippen LogP contribution in [-0.4, -0.2) is 32.7 Å². The maximum Gasteiger partial charge on any atom is 0.228 e. The first-order valence-electron chi connectivity index (χ1n) is 6.17. The number of rotatable bonds is 5. The molecule has 2 aromatic heterocycles. The van der Waals surface area contributed by atoms with Gasteiger partial charge in [-0.15, -0.1) is 0 Å². The minimum Gasteiger partial charge on any atom is -0.322 e. The van der Waals surface area contributed by atoms with Crippen molar-refractivity contribution >= 4 is 50.9 Å². The number of carbonyl (C=O) groups is 1. The monoisotopic (exact) mass is 388 g/mol. The summed E-state index contributed by atoms with van der Waals surface area (Å²) in [6, 6.07) is 1.86. The van der Waals surface area contributed by atoms with Gasteiger partial charge in [0.1, 0.15) is 0 Å². The number of carbonyl (C=O) groups excluding carboxylic acids is 1. The number of hydrogen-bond acceptors (Lipinski definition) is 4. The van der Waals surface area contributed by atoms with Crippen LogP contribution in [0.25, 0.3) is 5.69 Å². The van der Waals surface area contributed by atoms with Crippen LogP contribution in [-0.2, 0) is 4.79 Å². The Labute approximate surface area is 140 Å². The molecule has 0 radical (unpaired) electrons. The van der Waals surface area contributed by atoms with E-state index < -0.39 is 0 Å². The van der Waals surface area contributed by atoms with Gasteiger partial charge >= 0.3 is 0 Å². The van der Waals surface area contributed by atoms with E-state index in [9.17, 15) is 4.79 Å². The molecule has 2 heterocycles. The molecule has 112 valence electrons. The number of halogens is 2. The fourth-order valence-corrected chi connectivity index (χ4v) is 2.86. The standard InChI is InChI=1S/C13H14BrClN4OS/c1-8(7-21-2)13(20)17-11-6-19(18-12(11)15)10-3-9(14)4-16-5-10/h3-6,8H,7H2,1-2H3,(H,17,20). The quantitative estimate of drug-likeness (QED) is 0.848. The van der Waals surface area contributed by atoms with E-state index in [0.717, 1.165) is 15.9 Å². The van der Waals surface area contributed by atoms with Crippen molar-refractivity contribution in [2.45, 2.75) is 6.92 Å². The molecule has 0 aliphatic heterocycles. The lowest BCUT2D eigenvalue weighted by molar-refractivity contribution is -0.118. The lowest BCUT2D eigenvalue weighted by Gasteiger charge is -2.09. The van der Waals surface area contributed by atoms with Crippen molar-refractivity contribution < 1.29 is 4.79 Å². The SMILES string of the molecule is CSCC(C)C(=O)Nc1cn(-c2cncc(Br)c2)nc1Cl. The van der Waals surface area contributed by atoms with Crippen LogP contribution < -0.4 is 5.32 Å². The van der Waals surface area contributed by atoms with Gasteiger partial charge in [-0.3, -0.25) is 9.78 Å². The van der Waals surface area contributed by atoms with Crippen LogP contribution in [0.1, 0.15) is 6.92 Å². The maximum atomic E-state index is 12.0. The molecule has 0 bridgehead atoms. The number of pyridine rings is 1. The summed E-state index contributed by atoms with van der Waals surface area (Å²) in [5.41, 5.74) is 1.25. The van der Waals surface area contributed by atoms with Gasteiger partial charge in [-0.1, -0.05) is 18.5 Å². The lowest BCUT2D eigenvalue weighted by atomic mass is 10.2. The summed E-state index contributed by atoms with van der Waals surface area (Å²) in [5, 5.41) is 7.23. The zero-order valence-electron chi connectivity index (χ0n) is 11.5. The Balaban J connectivity index is 2.18. The van der Waals surface area contributed by atoms with Gasteiger partial charge in [0.05, 0.1) is 23.8 Å². The Bertz CT molecular complexity index is 649. The van der Waals surface area contributed by atoms with E-state index >= 15 is 0 Å². The molecule has 2 rings (SSSR count). The summed E-state index contributed by atoms with van der Waals surface area (Å²) < 4.78 is 2.42. The molecule has 0 aliphatic rings. The molecule has 2 aromatic rings. The van der Waals surface area contributed by atoms with E-state index in [1.807, 2.05) is 19.2 Å². The maximum absolute atomic E-state index is 12.0. The molecule has 1 atom stereocenters. The number of amides is 1. The second kappa shape index (κ2) is 7.29. The molecular weight excluding hydrogens is 376 g/mol. The predicted molar refractivity (Wildman–Crippen MR) is 90.2 cm³/mol. The average molecular weight is 390 g/mol. The third-order valence-electron chi connectivity index (χ3n) is 2.75. The number of nitrogens with zero attached hydrogens (tertiary/aromatic N) is 3. The smallest absolute Gasteiger partial charge is 0.228 e. The van der Waals surface area contributed by atoms with Gasteiger partial charge in [-0.05, 0) is 28.3 Å².